The largest absolute Gasteiger partial charge is 0.480 e. The Labute approximate surface area is 122 Å². The van der Waals surface area contributed by atoms with Crippen LogP contribution in [0.4, 0.5) is 0 Å². The molecule has 20 heavy (non-hydrogen) atoms. The molecule has 1 spiro atoms. The van der Waals surface area contributed by atoms with Crippen molar-refractivity contribution in [1.82, 2.24) is 5.32 Å². The van der Waals surface area contributed by atoms with Gasteiger partial charge in [-0.15, -0.1) is 0 Å². The zero-order chi connectivity index (χ0) is 14.4. The average molecular weight is 303 g/mol. The molecule has 2 aliphatic heterocycles. The predicted molar refractivity (Wildman–Crippen MR) is 74.8 cm³/mol. The number of hydrogen-bond donors (Lipinski definition) is 2. The molecule has 0 aromatic carbocycles. The molecule has 2 saturated heterocycles. The van der Waals surface area contributed by atoms with Crippen LogP contribution in [-0.4, -0.2) is 60.0 Å². The molecule has 2 fully saturated rings. The normalized spacial score (nSPS) is 31.1. The molecule has 1 amide bonds. The summed E-state index contributed by atoms with van der Waals surface area (Å²) in [6, 6.07) is -0.788. The lowest BCUT2D eigenvalue weighted by Crippen LogP contribution is -2.41. The van der Waals surface area contributed by atoms with E-state index in [4.69, 9.17) is 14.6 Å². The maximum Gasteiger partial charge on any atom is 0.326 e. The summed E-state index contributed by atoms with van der Waals surface area (Å²) in [6.07, 6.45) is 3.80. The van der Waals surface area contributed by atoms with Crippen molar-refractivity contribution in [2.24, 2.45) is 0 Å². The molecular formula is C13H21NO5S. The van der Waals surface area contributed by atoms with Gasteiger partial charge in [-0.3, -0.25) is 4.79 Å². The van der Waals surface area contributed by atoms with E-state index < -0.39 is 12.0 Å². The number of carbonyl (C=O) groups excluding carboxylic acids is 1. The molecule has 6 nitrogen and oxygen atoms in total. The van der Waals surface area contributed by atoms with E-state index in [1.807, 2.05) is 0 Å². The molecule has 2 N–H and O–H groups in total. The Hall–Kier alpha value is -0.790. The standard InChI is InChI=1S/C13H21NO5S/c15-9-14-11(12(16)17)2-6-20-10-1-4-19-13(7-10)3-5-18-8-13/h9-11H,1-8H2,(H,14,15)(H,16,17). The van der Waals surface area contributed by atoms with Crippen molar-refractivity contribution in [2.75, 3.05) is 25.6 Å². The summed E-state index contributed by atoms with van der Waals surface area (Å²) in [5, 5.41) is 11.8. The number of amides is 1. The fraction of sp³-hybridized carbons (Fsp3) is 0.846. The number of thioether (sulfide) groups is 1. The van der Waals surface area contributed by atoms with E-state index in [9.17, 15) is 9.59 Å². The highest BCUT2D eigenvalue weighted by atomic mass is 32.2. The van der Waals surface area contributed by atoms with Crippen molar-refractivity contribution in [3.05, 3.63) is 0 Å². The van der Waals surface area contributed by atoms with E-state index in [0.717, 1.165) is 38.2 Å². The molecule has 3 atom stereocenters. The number of ether oxygens (including phenoxy) is 2. The van der Waals surface area contributed by atoms with E-state index in [-0.39, 0.29) is 5.60 Å². The van der Waals surface area contributed by atoms with Crippen molar-refractivity contribution in [3.63, 3.8) is 0 Å². The molecule has 2 rings (SSSR count). The minimum atomic E-state index is -0.981. The third-order valence-corrected chi connectivity index (χ3v) is 5.19. The van der Waals surface area contributed by atoms with Crippen LogP contribution in [0, 0.1) is 0 Å². The van der Waals surface area contributed by atoms with Gasteiger partial charge in [0.2, 0.25) is 6.41 Å². The first kappa shape index (κ1) is 15.6. The molecule has 2 heterocycles. The first-order valence-electron chi connectivity index (χ1n) is 6.91. The van der Waals surface area contributed by atoms with Gasteiger partial charge in [0.25, 0.3) is 0 Å². The fourth-order valence-corrected chi connectivity index (χ4v) is 4.09. The summed E-state index contributed by atoms with van der Waals surface area (Å²) in [4.78, 5) is 21.3. The summed E-state index contributed by atoms with van der Waals surface area (Å²) in [7, 11) is 0. The number of aliphatic carboxylic acids is 1. The van der Waals surface area contributed by atoms with E-state index in [1.165, 1.54) is 0 Å². The molecule has 0 saturated carbocycles. The van der Waals surface area contributed by atoms with Crippen LogP contribution >= 0.6 is 11.8 Å². The minimum absolute atomic E-state index is 0.108. The van der Waals surface area contributed by atoms with Crippen molar-refractivity contribution >= 4 is 24.1 Å². The van der Waals surface area contributed by atoms with Gasteiger partial charge >= 0.3 is 5.97 Å². The lowest BCUT2D eigenvalue weighted by molar-refractivity contribution is -0.140. The minimum Gasteiger partial charge on any atom is -0.480 e. The Morgan fingerprint density at radius 2 is 2.40 bits per heavy atom. The van der Waals surface area contributed by atoms with Crippen LogP contribution in [0.2, 0.25) is 0 Å². The van der Waals surface area contributed by atoms with Crippen LogP contribution < -0.4 is 5.32 Å². The van der Waals surface area contributed by atoms with Crippen LogP contribution in [0.3, 0.4) is 0 Å². The van der Waals surface area contributed by atoms with Gasteiger partial charge in [0, 0.05) is 24.9 Å². The van der Waals surface area contributed by atoms with Crippen molar-refractivity contribution < 1.29 is 24.2 Å². The number of carboxylic acid groups (broad SMARTS) is 1. The Kier molecular flexibility index (Phi) is 5.68. The van der Waals surface area contributed by atoms with E-state index in [2.05, 4.69) is 5.32 Å². The van der Waals surface area contributed by atoms with E-state index in [0.29, 0.717) is 24.7 Å². The lowest BCUT2D eigenvalue weighted by atomic mass is 9.93. The second kappa shape index (κ2) is 7.28. The number of rotatable bonds is 7. The lowest BCUT2D eigenvalue weighted by Gasteiger charge is -2.36. The molecule has 0 aliphatic carbocycles. The van der Waals surface area contributed by atoms with Crippen LogP contribution in [0.25, 0.3) is 0 Å². The number of nitrogens with one attached hydrogen (secondary N) is 1. The molecule has 2 aliphatic rings. The number of carboxylic acids is 1. The highest BCUT2D eigenvalue weighted by molar-refractivity contribution is 7.99. The molecule has 0 aromatic rings. The van der Waals surface area contributed by atoms with Crippen molar-refractivity contribution in [3.8, 4) is 0 Å². The smallest absolute Gasteiger partial charge is 0.326 e. The third kappa shape index (κ3) is 4.10. The number of hydrogen-bond acceptors (Lipinski definition) is 5. The fourth-order valence-electron chi connectivity index (χ4n) is 2.70. The van der Waals surface area contributed by atoms with Gasteiger partial charge in [0.05, 0.1) is 12.2 Å². The van der Waals surface area contributed by atoms with Gasteiger partial charge in [-0.25, -0.2) is 4.79 Å². The molecule has 0 aromatic heterocycles. The molecule has 114 valence electrons. The molecule has 0 bridgehead atoms. The third-order valence-electron chi connectivity index (χ3n) is 3.84. The molecule has 3 unspecified atom stereocenters. The zero-order valence-electron chi connectivity index (χ0n) is 11.4. The van der Waals surface area contributed by atoms with Crippen molar-refractivity contribution in [1.29, 1.82) is 0 Å². The maximum atomic E-state index is 10.9. The first-order valence-corrected chi connectivity index (χ1v) is 7.96. The summed E-state index contributed by atoms with van der Waals surface area (Å²) in [5.41, 5.74) is -0.108. The van der Waals surface area contributed by atoms with Crippen LogP contribution in [0.1, 0.15) is 25.7 Å². The second-order valence-electron chi connectivity index (χ2n) is 5.28. The quantitative estimate of drug-likeness (QED) is 0.672. The van der Waals surface area contributed by atoms with Gasteiger partial charge < -0.3 is 19.9 Å². The van der Waals surface area contributed by atoms with Gasteiger partial charge in [-0.1, -0.05) is 0 Å². The van der Waals surface area contributed by atoms with Gasteiger partial charge in [0.1, 0.15) is 6.04 Å². The summed E-state index contributed by atoms with van der Waals surface area (Å²) >= 11 is 1.77. The topological polar surface area (TPSA) is 84.9 Å². The Balaban J connectivity index is 1.73. The second-order valence-corrected chi connectivity index (χ2v) is 6.69. The van der Waals surface area contributed by atoms with E-state index >= 15 is 0 Å². The summed E-state index contributed by atoms with van der Waals surface area (Å²) in [6.45, 7) is 2.19. The van der Waals surface area contributed by atoms with Gasteiger partial charge in [-0.2, -0.15) is 11.8 Å². The highest BCUT2D eigenvalue weighted by Crippen LogP contribution is 2.37. The Morgan fingerprint density at radius 3 is 3.05 bits per heavy atom. The van der Waals surface area contributed by atoms with Crippen molar-refractivity contribution in [2.45, 2.75) is 42.6 Å². The van der Waals surface area contributed by atoms with Crippen LogP contribution in [0.5, 0.6) is 0 Å². The molecule has 0 radical (unpaired) electrons. The average Bonchev–Trinajstić information content (AvgIpc) is 2.85. The van der Waals surface area contributed by atoms with Crippen LogP contribution in [0.15, 0.2) is 0 Å². The summed E-state index contributed by atoms with van der Waals surface area (Å²) in [5.74, 6) is -0.260. The molecular weight excluding hydrogens is 282 g/mol. The van der Waals surface area contributed by atoms with Crippen LogP contribution in [-0.2, 0) is 19.1 Å². The first-order chi connectivity index (χ1) is 9.65. The Bertz CT molecular complexity index is 346. The van der Waals surface area contributed by atoms with Gasteiger partial charge in [0.15, 0.2) is 0 Å². The van der Waals surface area contributed by atoms with Gasteiger partial charge in [-0.05, 0) is 25.0 Å². The summed E-state index contributed by atoms with van der Waals surface area (Å²) < 4.78 is 11.3. The number of carbonyl (C=O) groups is 2. The highest BCUT2D eigenvalue weighted by Gasteiger charge is 2.41. The van der Waals surface area contributed by atoms with E-state index in [1.54, 1.807) is 11.8 Å². The predicted octanol–water partition coefficient (Wildman–Crippen LogP) is 0.647. The maximum absolute atomic E-state index is 10.9. The zero-order valence-corrected chi connectivity index (χ0v) is 12.2. The Morgan fingerprint density at radius 1 is 1.55 bits per heavy atom. The molecule has 7 heteroatoms. The monoisotopic (exact) mass is 303 g/mol. The SMILES string of the molecule is O=CNC(CCSC1CCOC2(CCOC2)C1)C(=O)O.